The number of ether oxygens (including phenoxy) is 1. The van der Waals surface area contributed by atoms with Crippen LogP contribution in [0.5, 0.6) is 5.75 Å². The van der Waals surface area contributed by atoms with Gasteiger partial charge < -0.3 is 9.64 Å². The number of methoxy groups -OCH3 is 1. The summed E-state index contributed by atoms with van der Waals surface area (Å²) in [6, 6.07) is 19.9. The summed E-state index contributed by atoms with van der Waals surface area (Å²) in [4.78, 5) is 14.9. The van der Waals surface area contributed by atoms with Crippen molar-refractivity contribution in [1.29, 1.82) is 5.26 Å². The monoisotopic (exact) mass is 463 g/mol. The molecule has 1 fully saturated rings. The number of carbonyl (C=O) groups is 1. The van der Waals surface area contributed by atoms with Gasteiger partial charge in [-0.2, -0.15) is 9.57 Å². The zero-order valence-corrected chi connectivity index (χ0v) is 19.4. The Morgan fingerprint density at radius 2 is 1.67 bits per heavy atom. The van der Waals surface area contributed by atoms with Gasteiger partial charge >= 0.3 is 0 Å². The van der Waals surface area contributed by atoms with Crippen molar-refractivity contribution >= 4 is 26.7 Å². The van der Waals surface area contributed by atoms with Gasteiger partial charge in [-0.1, -0.05) is 36.4 Å². The molecule has 1 amide bonds. The Morgan fingerprint density at radius 3 is 2.36 bits per heavy atom. The summed E-state index contributed by atoms with van der Waals surface area (Å²) in [5.74, 6) is 0.404. The number of hydrogen-bond acceptors (Lipinski definition) is 5. The van der Waals surface area contributed by atoms with Gasteiger partial charge in [-0.15, -0.1) is 0 Å². The first-order valence-corrected chi connectivity index (χ1v) is 12.1. The smallest absolute Gasteiger partial charge is 0.244 e. The number of nitriles is 1. The van der Waals surface area contributed by atoms with E-state index >= 15 is 0 Å². The van der Waals surface area contributed by atoms with E-state index in [0.717, 1.165) is 22.1 Å². The van der Waals surface area contributed by atoms with Crippen molar-refractivity contribution in [3.63, 3.8) is 0 Å². The normalized spacial score (nSPS) is 15.7. The number of fused-ring (bicyclic) bond motifs is 1. The second kappa shape index (κ2) is 9.22. The quantitative estimate of drug-likeness (QED) is 0.579. The first-order chi connectivity index (χ1) is 15.8. The van der Waals surface area contributed by atoms with Gasteiger partial charge in [0.25, 0.3) is 0 Å². The number of nitrogens with zero attached hydrogens (tertiary/aromatic N) is 3. The summed E-state index contributed by atoms with van der Waals surface area (Å²) >= 11 is 0. The van der Waals surface area contributed by atoms with Crippen LogP contribution in [0.4, 0.5) is 0 Å². The van der Waals surface area contributed by atoms with Gasteiger partial charge in [0.15, 0.2) is 0 Å². The molecule has 0 aromatic heterocycles. The Labute approximate surface area is 193 Å². The van der Waals surface area contributed by atoms with Crippen molar-refractivity contribution in [2.75, 3.05) is 33.3 Å². The highest BCUT2D eigenvalue weighted by Crippen LogP contribution is 2.27. The van der Waals surface area contributed by atoms with Crippen LogP contribution in [0.25, 0.3) is 10.8 Å². The second-order valence-electron chi connectivity index (χ2n) is 8.03. The van der Waals surface area contributed by atoms with Gasteiger partial charge in [-0.3, -0.25) is 4.79 Å². The van der Waals surface area contributed by atoms with E-state index in [1.807, 2.05) is 49.4 Å². The van der Waals surface area contributed by atoms with Gasteiger partial charge in [0.05, 0.1) is 23.5 Å². The molecule has 4 rings (SSSR count). The third-order valence-corrected chi connectivity index (χ3v) is 8.07. The Hall–Kier alpha value is -3.41. The molecule has 3 aromatic carbocycles. The molecule has 7 nitrogen and oxygen atoms in total. The van der Waals surface area contributed by atoms with Crippen molar-refractivity contribution in [2.24, 2.45) is 0 Å². The van der Waals surface area contributed by atoms with E-state index < -0.39 is 10.0 Å². The lowest BCUT2D eigenvalue weighted by Gasteiger charge is -2.35. The van der Waals surface area contributed by atoms with Crippen LogP contribution in [0.15, 0.2) is 65.6 Å². The lowest BCUT2D eigenvalue weighted by Crippen LogP contribution is -2.51. The van der Waals surface area contributed by atoms with E-state index in [1.165, 1.54) is 16.4 Å². The lowest BCUT2D eigenvalue weighted by atomic mass is 9.96. The molecule has 1 atom stereocenters. The minimum atomic E-state index is -3.79. The minimum Gasteiger partial charge on any atom is -0.497 e. The molecule has 0 radical (unpaired) electrons. The van der Waals surface area contributed by atoms with Gasteiger partial charge in [-0.25, -0.2) is 8.42 Å². The van der Waals surface area contributed by atoms with E-state index in [-0.39, 0.29) is 35.4 Å². The number of carbonyl (C=O) groups excluding carboxylic acids is 1. The first kappa shape index (κ1) is 22.8. The molecule has 8 heteroatoms. The molecule has 1 unspecified atom stereocenters. The summed E-state index contributed by atoms with van der Waals surface area (Å²) < 4.78 is 32.7. The maximum Gasteiger partial charge on any atom is 0.244 e. The van der Waals surface area contributed by atoms with Crippen LogP contribution in [0.3, 0.4) is 0 Å². The molecule has 1 aliphatic heterocycles. The number of piperazine rings is 1. The fraction of sp³-hybridized carbons (Fsp3) is 0.280. The van der Waals surface area contributed by atoms with E-state index in [2.05, 4.69) is 0 Å². The highest BCUT2D eigenvalue weighted by atomic mass is 32.2. The van der Waals surface area contributed by atoms with E-state index in [9.17, 15) is 18.5 Å². The van der Waals surface area contributed by atoms with E-state index in [0.29, 0.717) is 13.1 Å². The Kier molecular flexibility index (Phi) is 6.36. The molecule has 3 aromatic rings. The average molecular weight is 464 g/mol. The summed E-state index contributed by atoms with van der Waals surface area (Å²) in [5.41, 5.74) is 1.04. The molecule has 1 aliphatic rings. The highest BCUT2D eigenvalue weighted by molar-refractivity contribution is 7.89. The number of amides is 1. The molecule has 0 bridgehead atoms. The Morgan fingerprint density at radius 1 is 1.00 bits per heavy atom. The Bertz CT molecular complexity index is 1340. The third kappa shape index (κ3) is 4.42. The third-order valence-electron chi connectivity index (χ3n) is 6.12. The maximum absolute atomic E-state index is 13.2. The van der Waals surface area contributed by atoms with Crippen molar-refractivity contribution < 1.29 is 17.9 Å². The van der Waals surface area contributed by atoms with Gasteiger partial charge in [0.1, 0.15) is 11.8 Å². The van der Waals surface area contributed by atoms with Crippen LogP contribution in [0.2, 0.25) is 0 Å². The molecular formula is C25H25N3O4S. The highest BCUT2D eigenvalue weighted by Gasteiger charge is 2.33. The number of hydrogen-bond donors (Lipinski definition) is 0. The van der Waals surface area contributed by atoms with Crippen molar-refractivity contribution in [2.45, 2.75) is 17.7 Å². The molecule has 1 heterocycles. The van der Waals surface area contributed by atoms with E-state index in [1.54, 1.807) is 24.1 Å². The predicted octanol–water partition coefficient (Wildman–Crippen LogP) is 3.36. The number of rotatable bonds is 5. The minimum absolute atomic E-state index is 0.00781. The first-order valence-electron chi connectivity index (χ1n) is 10.7. The molecule has 0 aliphatic carbocycles. The van der Waals surface area contributed by atoms with Crippen molar-refractivity contribution in [3.8, 4) is 11.8 Å². The zero-order valence-electron chi connectivity index (χ0n) is 18.6. The molecule has 33 heavy (non-hydrogen) atoms. The van der Waals surface area contributed by atoms with Crippen molar-refractivity contribution in [1.82, 2.24) is 9.21 Å². The predicted molar refractivity (Wildman–Crippen MR) is 125 cm³/mol. The van der Waals surface area contributed by atoms with Crippen molar-refractivity contribution in [3.05, 3.63) is 71.8 Å². The molecule has 1 saturated heterocycles. The average Bonchev–Trinajstić information content (AvgIpc) is 2.87. The summed E-state index contributed by atoms with van der Waals surface area (Å²) in [5, 5.41) is 11.3. The summed E-state index contributed by atoms with van der Waals surface area (Å²) in [7, 11) is -2.17. The topological polar surface area (TPSA) is 90.7 Å². The van der Waals surface area contributed by atoms with E-state index in [4.69, 9.17) is 4.74 Å². The van der Waals surface area contributed by atoms with Crippen LogP contribution in [0.1, 0.15) is 24.0 Å². The molecular weight excluding hydrogens is 438 g/mol. The Balaban J connectivity index is 1.46. The largest absolute Gasteiger partial charge is 0.497 e. The molecule has 170 valence electrons. The van der Waals surface area contributed by atoms with Gasteiger partial charge in [0, 0.05) is 26.2 Å². The fourth-order valence-corrected chi connectivity index (χ4v) is 5.69. The number of benzene rings is 3. The van der Waals surface area contributed by atoms with Gasteiger partial charge in [0.2, 0.25) is 15.9 Å². The summed E-state index contributed by atoms with van der Waals surface area (Å²) in [6.45, 7) is 2.87. The van der Waals surface area contributed by atoms with Gasteiger partial charge in [-0.05, 0) is 47.5 Å². The summed E-state index contributed by atoms with van der Waals surface area (Å²) in [6.07, 6.45) is 0. The molecule has 0 spiro atoms. The van der Waals surface area contributed by atoms with Crippen LogP contribution < -0.4 is 4.74 Å². The van der Waals surface area contributed by atoms with Crippen LogP contribution >= 0.6 is 0 Å². The van der Waals surface area contributed by atoms with Crippen LogP contribution in [0, 0.1) is 11.3 Å². The number of sulfonamides is 1. The zero-order chi connectivity index (χ0) is 23.6. The fourth-order valence-electron chi connectivity index (χ4n) is 4.13. The maximum atomic E-state index is 13.2. The van der Waals surface area contributed by atoms with Crippen LogP contribution in [-0.4, -0.2) is 56.8 Å². The standard InChI is InChI=1S/C25H25N3O4S/c1-18(19-7-8-21-16-23(32-2)10-9-20(21)15-19)25(29)27-11-13-28(14-12-27)33(30,31)24-6-4-3-5-22(24)17-26/h3-10,15-16,18H,11-14H2,1-2H3. The lowest BCUT2D eigenvalue weighted by molar-refractivity contribution is -0.133. The second-order valence-corrected chi connectivity index (χ2v) is 9.94. The molecule has 0 N–H and O–H groups in total. The SMILES string of the molecule is COc1ccc2cc(C(C)C(=O)N3CCN(S(=O)(=O)c4ccccc4C#N)CC3)ccc2c1. The van der Waals surface area contributed by atoms with Crippen LogP contribution in [-0.2, 0) is 14.8 Å². The molecule has 0 saturated carbocycles.